The Kier molecular flexibility index (Phi) is 3.61. The minimum absolute atomic E-state index is 0.393. The molecule has 0 spiro atoms. The van der Waals surface area contributed by atoms with Crippen molar-refractivity contribution in [3.8, 4) is 0 Å². The van der Waals surface area contributed by atoms with Gasteiger partial charge in [-0.15, -0.1) is 5.10 Å². The molecule has 3 heterocycles. The van der Waals surface area contributed by atoms with Gasteiger partial charge in [0.1, 0.15) is 0 Å². The molecule has 1 atom stereocenters. The van der Waals surface area contributed by atoms with Crippen LogP contribution in [0.3, 0.4) is 0 Å². The second-order valence-electron chi connectivity index (χ2n) is 6.46. The van der Waals surface area contributed by atoms with Crippen LogP contribution in [0.25, 0.3) is 0 Å². The highest BCUT2D eigenvalue weighted by molar-refractivity contribution is 5.68. The Bertz CT molecular complexity index is 695. The van der Waals surface area contributed by atoms with Gasteiger partial charge in [-0.05, 0) is 32.0 Å². The predicted molar refractivity (Wildman–Crippen MR) is 91.3 cm³/mol. The van der Waals surface area contributed by atoms with E-state index in [-0.39, 0.29) is 0 Å². The third-order valence-electron chi connectivity index (χ3n) is 4.78. The smallest absolute Gasteiger partial charge is 0.247 e. The van der Waals surface area contributed by atoms with Gasteiger partial charge in [0, 0.05) is 37.9 Å². The average Bonchev–Trinajstić information content (AvgIpc) is 2.91. The van der Waals surface area contributed by atoms with Crippen molar-refractivity contribution in [1.29, 1.82) is 0 Å². The zero-order valence-corrected chi connectivity index (χ0v) is 13.7. The standard InChI is InChI=1S/C17H22N6/c1-13-11-14-5-3-4-6-15(14)23(13)16-12-18-20-17(19-16)22-9-7-21(2)8-10-22/h3-6,12-13H,7-11H2,1-2H3. The Hall–Kier alpha value is -2.21. The molecule has 2 aliphatic heterocycles. The Balaban J connectivity index is 1.64. The van der Waals surface area contributed by atoms with E-state index in [1.54, 1.807) is 6.20 Å². The number of hydrogen-bond acceptors (Lipinski definition) is 6. The van der Waals surface area contributed by atoms with Gasteiger partial charge in [-0.2, -0.15) is 10.1 Å². The topological polar surface area (TPSA) is 48.4 Å². The van der Waals surface area contributed by atoms with Gasteiger partial charge in [0.05, 0.1) is 6.20 Å². The van der Waals surface area contributed by atoms with Crippen molar-refractivity contribution in [3.05, 3.63) is 36.0 Å². The molecule has 1 fully saturated rings. The Morgan fingerprint density at radius 2 is 1.87 bits per heavy atom. The summed E-state index contributed by atoms with van der Waals surface area (Å²) < 4.78 is 0. The van der Waals surface area contributed by atoms with Crippen LogP contribution in [-0.2, 0) is 6.42 Å². The van der Waals surface area contributed by atoms with E-state index in [1.807, 2.05) is 0 Å². The minimum Gasteiger partial charge on any atom is -0.337 e. The van der Waals surface area contributed by atoms with Crippen molar-refractivity contribution in [3.63, 3.8) is 0 Å². The molecule has 1 saturated heterocycles. The van der Waals surface area contributed by atoms with Gasteiger partial charge in [-0.25, -0.2) is 0 Å². The monoisotopic (exact) mass is 310 g/mol. The first kappa shape index (κ1) is 14.4. The lowest BCUT2D eigenvalue weighted by atomic mass is 10.1. The molecule has 120 valence electrons. The highest BCUT2D eigenvalue weighted by atomic mass is 15.4. The molecule has 2 aliphatic rings. The molecule has 0 radical (unpaired) electrons. The lowest BCUT2D eigenvalue weighted by Crippen LogP contribution is -2.45. The summed E-state index contributed by atoms with van der Waals surface area (Å²) in [6, 6.07) is 8.94. The summed E-state index contributed by atoms with van der Waals surface area (Å²) in [5, 5.41) is 8.48. The van der Waals surface area contributed by atoms with Gasteiger partial charge < -0.3 is 14.7 Å². The van der Waals surface area contributed by atoms with E-state index in [2.05, 4.69) is 63.1 Å². The molecule has 0 saturated carbocycles. The van der Waals surface area contributed by atoms with Crippen molar-refractivity contribution in [2.75, 3.05) is 43.0 Å². The molecule has 0 amide bonds. The molecule has 6 heteroatoms. The van der Waals surface area contributed by atoms with Crippen LogP contribution in [0.1, 0.15) is 12.5 Å². The molecule has 1 aromatic carbocycles. The fourth-order valence-electron chi connectivity index (χ4n) is 3.46. The van der Waals surface area contributed by atoms with Crippen LogP contribution in [0.4, 0.5) is 17.5 Å². The van der Waals surface area contributed by atoms with Crippen LogP contribution in [0.5, 0.6) is 0 Å². The Morgan fingerprint density at radius 3 is 2.70 bits per heavy atom. The van der Waals surface area contributed by atoms with E-state index in [1.165, 1.54) is 11.3 Å². The molecular formula is C17H22N6. The normalized spacial score (nSPS) is 21.6. The lowest BCUT2D eigenvalue weighted by Gasteiger charge is -2.32. The molecule has 1 unspecified atom stereocenters. The van der Waals surface area contributed by atoms with Gasteiger partial charge in [-0.1, -0.05) is 18.2 Å². The quantitative estimate of drug-likeness (QED) is 0.841. The summed E-state index contributed by atoms with van der Waals surface area (Å²) in [5.74, 6) is 1.64. The summed E-state index contributed by atoms with van der Waals surface area (Å²) in [5.41, 5.74) is 2.62. The molecule has 0 aliphatic carbocycles. The van der Waals surface area contributed by atoms with E-state index in [0.29, 0.717) is 6.04 Å². The van der Waals surface area contributed by atoms with E-state index >= 15 is 0 Å². The third kappa shape index (κ3) is 2.63. The van der Waals surface area contributed by atoms with Gasteiger partial charge in [0.2, 0.25) is 5.95 Å². The van der Waals surface area contributed by atoms with E-state index in [9.17, 15) is 0 Å². The van der Waals surface area contributed by atoms with E-state index < -0.39 is 0 Å². The number of hydrogen-bond donors (Lipinski definition) is 0. The van der Waals surface area contributed by atoms with Crippen LogP contribution < -0.4 is 9.80 Å². The fourth-order valence-corrected chi connectivity index (χ4v) is 3.46. The first-order valence-electron chi connectivity index (χ1n) is 8.23. The number of likely N-dealkylation sites (N-methyl/N-ethyl adjacent to an activating group) is 1. The van der Waals surface area contributed by atoms with Crippen LogP contribution >= 0.6 is 0 Å². The number of aromatic nitrogens is 3. The van der Waals surface area contributed by atoms with Crippen LogP contribution in [0.2, 0.25) is 0 Å². The highest BCUT2D eigenvalue weighted by Gasteiger charge is 2.28. The van der Waals surface area contributed by atoms with Crippen molar-refractivity contribution >= 4 is 17.5 Å². The van der Waals surface area contributed by atoms with E-state index in [0.717, 1.165) is 44.4 Å². The molecule has 0 N–H and O–H groups in total. The fraction of sp³-hybridized carbons (Fsp3) is 0.471. The Labute approximate surface area is 136 Å². The van der Waals surface area contributed by atoms with Crippen LogP contribution in [-0.4, -0.2) is 59.3 Å². The van der Waals surface area contributed by atoms with Crippen LogP contribution in [0, 0.1) is 0 Å². The highest BCUT2D eigenvalue weighted by Crippen LogP contribution is 2.37. The first-order chi connectivity index (χ1) is 11.2. The number of fused-ring (bicyclic) bond motifs is 1. The van der Waals surface area contributed by atoms with Gasteiger partial charge in [0.25, 0.3) is 0 Å². The molecular weight excluding hydrogens is 288 g/mol. The van der Waals surface area contributed by atoms with E-state index in [4.69, 9.17) is 4.98 Å². The third-order valence-corrected chi connectivity index (χ3v) is 4.78. The first-order valence-corrected chi connectivity index (χ1v) is 8.23. The maximum atomic E-state index is 4.81. The summed E-state index contributed by atoms with van der Waals surface area (Å²) >= 11 is 0. The molecule has 1 aromatic heterocycles. The Morgan fingerprint density at radius 1 is 1.09 bits per heavy atom. The van der Waals surface area contributed by atoms with Gasteiger partial charge in [-0.3, -0.25) is 0 Å². The number of piperazine rings is 1. The summed E-state index contributed by atoms with van der Waals surface area (Å²) in [4.78, 5) is 11.6. The lowest BCUT2D eigenvalue weighted by molar-refractivity contribution is 0.311. The molecule has 6 nitrogen and oxygen atoms in total. The number of anilines is 3. The maximum absolute atomic E-state index is 4.81. The zero-order chi connectivity index (χ0) is 15.8. The van der Waals surface area contributed by atoms with Gasteiger partial charge in [0.15, 0.2) is 5.82 Å². The summed E-state index contributed by atoms with van der Waals surface area (Å²) in [7, 11) is 2.15. The number of nitrogens with zero attached hydrogens (tertiary/aromatic N) is 6. The van der Waals surface area contributed by atoms with Gasteiger partial charge >= 0.3 is 0 Å². The number of benzene rings is 1. The summed E-state index contributed by atoms with van der Waals surface area (Å²) in [6.07, 6.45) is 2.82. The minimum atomic E-state index is 0.393. The van der Waals surface area contributed by atoms with Crippen molar-refractivity contribution in [2.24, 2.45) is 0 Å². The average molecular weight is 310 g/mol. The number of para-hydroxylation sites is 1. The largest absolute Gasteiger partial charge is 0.337 e. The second-order valence-corrected chi connectivity index (χ2v) is 6.46. The molecule has 4 rings (SSSR count). The summed E-state index contributed by atoms with van der Waals surface area (Å²) in [6.45, 7) is 6.21. The predicted octanol–water partition coefficient (Wildman–Crippen LogP) is 1.71. The van der Waals surface area contributed by atoms with Crippen molar-refractivity contribution < 1.29 is 0 Å². The number of rotatable bonds is 2. The zero-order valence-electron chi connectivity index (χ0n) is 13.7. The molecule has 0 bridgehead atoms. The van der Waals surface area contributed by atoms with Crippen molar-refractivity contribution in [1.82, 2.24) is 20.1 Å². The van der Waals surface area contributed by atoms with Crippen molar-refractivity contribution in [2.45, 2.75) is 19.4 Å². The molecule has 2 aromatic rings. The SMILES string of the molecule is CC1Cc2ccccc2N1c1cnnc(N2CCN(C)CC2)n1. The molecule has 23 heavy (non-hydrogen) atoms. The second kappa shape index (κ2) is 5.77. The maximum Gasteiger partial charge on any atom is 0.247 e. The van der Waals surface area contributed by atoms with Crippen LogP contribution in [0.15, 0.2) is 30.5 Å².